The highest BCUT2D eigenvalue weighted by Crippen LogP contribution is 2.20. The maximum Gasteiger partial charge on any atom is 0.185 e. The Labute approximate surface area is 107 Å². The lowest BCUT2D eigenvalue weighted by Crippen LogP contribution is -1.92. The first kappa shape index (κ1) is 11.3. The molecule has 0 N–H and O–H groups in total. The van der Waals surface area contributed by atoms with Crippen molar-refractivity contribution in [2.45, 2.75) is 0 Å². The van der Waals surface area contributed by atoms with Crippen LogP contribution in [0.15, 0.2) is 52.3 Å². The molecule has 1 aromatic carbocycles. The van der Waals surface area contributed by atoms with E-state index in [1.54, 1.807) is 17.4 Å². The summed E-state index contributed by atoms with van der Waals surface area (Å²) >= 11 is 4.98. The lowest BCUT2D eigenvalue weighted by atomic mass is 10.1. The van der Waals surface area contributed by atoms with E-state index in [4.69, 9.17) is 0 Å². The molecule has 1 aromatic heterocycles. The standard InChI is InChI=1S/C13H9BrOS/c14-11-8-12(16-9-11)6-7-13(15)10-4-2-1-3-5-10/h1-9H/b7-6+. The number of hydrogen-bond donors (Lipinski definition) is 0. The Kier molecular flexibility index (Phi) is 3.70. The molecule has 0 saturated carbocycles. The SMILES string of the molecule is O=C(/C=C/c1cc(Br)cs1)c1ccccc1. The zero-order chi connectivity index (χ0) is 11.4. The van der Waals surface area contributed by atoms with Crippen LogP contribution in [0.3, 0.4) is 0 Å². The minimum absolute atomic E-state index is 0.0325. The van der Waals surface area contributed by atoms with Gasteiger partial charge >= 0.3 is 0 Å². The number of rotatable bonds is 3. The fourth-order valence-electron chi connectivity index (χ4n) is 1.27. The molecule has 1 heterocycles. The van der Waals surface area contributed by atoms with Crippen LogP contribution in [-0.2, 0) is 0 Å². The van der Waals surface area contributed by atoms with Crippen LogP contribution in [0.4, 0.5) is 0 Å². The van der Waals surface area contributed by atoms with Crippen LogP contribution in [0.5, 0.6) is 0 Å². The predicted molar refractivity (Wildman–Crippen MR) is 71.8 cm³/mol. The average Bonchev–Trinajstić information content (AvgIpc) is 2.73. The molecule has 0 amide bonds. The van der Waals surface area contributed by atoms with Crippen molar-refractivity contribution in [2.24, 2.45) is 0 Å². The van der Waals surface area contributed by atoms with E-state index in [2.05, 4.69) is 15.9 Å². The summed E-state index contributed by atoms with van der Waals surface area (Å²) in [6, 6.07) is 11.2. The molecule has 0 bridgehead atoms. The molecule has 0 saturated heterocycles. The van der Waals surface area contributed by atoms with Crippen LogP contribution in [0, 0.1) is 0 Å². The highest BCUT2D eigenvalue weighted by molar-refractivity contribution is 9.10. The monoisotopic (exact) mass is 292 g/mol. The van der Waals surface area contributed by atoms with Gasteiger partial charge in [-0.2, -0.15) is 0 Å². The average molecular weight is 293 g/mol. The molecule has 0 atom stereocenters. The Bertz CT molecular complexity index is 514. The summed E-state index contributed by atoms with van der Waals surface area (Å²) in [5, 5.41) is 1.99. The molecular formula is C13H9BrOS. The first-order valence-corrected chi connectivity index (χ1v) is 6.44. The summed E-state index contributed by atoms with van der Waals surface area (Å²) < 4.78 is 1.05. The van der Waals surface area contributed by atoms with Gasteiger partial charge in [-0.25, -0.2) is 0 Å². The van der Waals surface area contributed by atoms with Gasteiger partial charge in [0, 0.05) is 20.3 Å². The summed E-state index contributed by atoms with van der Waals surface area (Å²) in [6.45, 7) is 0. The van der Waals surface area contributed by atoms with Gasteiger partial charge in [-0.05, 0) is 34.1 Å². The van der Waals surface area contributed by atoms with E-state index in [1.165, 1.54) is 0 Å². The van der Waals surface area contributed by atoms with Crippen molar-refractivity contribution in [3.05, 3.63) is 62.8 Å². The van der Waals surface area contributed by atoms with E-state index >= 15 is 0 Å². The van der Waals surface area contributed by atoms with E-state index < -0.39 is 0 Å². The number of thiophene rings is 1. The van der Waals surface area contributed by atoms with Crippen LogP contribution in [0.25, 0.3) is 6.08 Å². The van der Waals surface area contributed by atoms with E-state index in [0.717, 1.165) is 14.9 Å². The lowest BCUT2D eigenvalue weighted by Gasteiger charge is -1.92. The van der Waals surface area contributed by atoms with Gasteiger partial charge in [-0.3, -0.25) is 4.79 Å². The molecule has 0 aliphatic carbocycles. The highest BCUT2D eigenvalue weighted by Gasteiger charge is 1.99. The Morgan fingerprint density at radius 2 is 2.00 bits per heavy atom. The summed E-state index contributed by atoms with van der Waals surface area (Å²) in [5.41, 5.74) is 0.717. The van der Waals surface area contributed by atoms with Crippen molar-refractivity contribution >= 4 is 39.1 Å². The van der Waals surface area contributed by atoms with Crippen molar-refractivity contribution in [2.75, 3.05) is 0 Å². The molecule has 0 unspecified atom stereocenters. The minimum atomic E-state index is 0.0325. The molecule has 0 aliphatic rings. The maximum atomic E-state index is 11.7. The van der Waals surface area contributed by atoms with Gasteiger partial charge in [-0.15, -0.1) is 11.3 Å². The normalized spacial score (nSPS) is 10.8. The quantitative estimate of drug-likeness (QED) is 0.605. The second-order valence-electron chi connectivity index (χ2n) is 3.23. The number of ketones is 1. The molecule has 2 rings (SSSR count). The molecule has 16 heavy (non-hydrogen) atoms. The Morgan fingerprint density at radius 3 is 2.62 bits per heavy atom. The van der Waals surface area contributed by atoms with Gasteiger partial charge in [0.25, 0.3) is 0 Å². The zero-order valence-corrected chi connectivity index (χ0v) is 10.8. The van der Waals surface area contributed by atoms with Crippen LogP contribution in [0.2, 0.25) is 0 Å². The summed E-state index contributed by atoms with van der Waals surface area (Å²) in [5.74, 6) is 0.0325. The first-order valence-electron chi connectivity index (χ1n) is 4.77. The smallest absolute Gasteiger partial charge is 0.185 e. The molecule has 0 aliphatic heterocycles. The van der Waals surface area contributed by atoms with Crippen molar-refractivity contribution in [1.29, 1.82) is 0 Å². The van der Waals surface area contributed by atoms with Crippen molar-refractivity contribution in [3.8, 4) is 0 Å². The van der Waals surface area contributed by atoms with E-state index in [1.807, 2.05) is 47.9 Å². The number of carbonyl (C=O) groups is 1. The molecule has 0 fully saturated rings. The number of benzene rings is 1. The minimum Gasteiger partial charge on any atom is -0.289 e. The Morgan fingerprint density at radius 1 is 1.25 bits per heavy atom. The largest absolute Gasteiger partial charge is 0.289 e. The predicted octanol–water partition coefficient (Wildman–Crippen LogP) is 4.41. The van der Waals surface area contributed by atoms with Gasteiger partial charge in [0.15, 0.2) is 5.78 Å². The molecular weight excluding hydrogens is 284 g/mol. The Hall–Kier alpha value is -1.19. The lowest BCUT2D eigenvalue weighted by molar-refractivity contribution is 0.104. The molecule has 3 heteroatoms. The number of halogens is 1. The summed E-state index contributed by atoms with van der Waals surface area (Å²) in [4.78, 5) is 12.8. The number of carbonyl (C=O) groups excluding carboxylic acids is 1. The topological polar surface area (TPSA) is 17.1 Å². The van der Waals surface area contributed by atoms with Crippen LogP contribution in [0.1, 0.15) is 15.2 Å². The second kappa shape index (κ2) is 5.23. The van der Waals surface area contributed by atoms with Gasteiger partial charge in [-0.1, -0.05) is 30.3 Å². The third-order valence-electron chi connectivity index (χ3n) is 2.05. The second-order valence-corrected chi connectivity index (χ2v) is 5.09. The molecule has 0 radical (unpaired) electrons. The fourth-order valence-corrected chi connectivity index (χ4v) is 2.61. The number of allylic oxidation sites excluding steroid dienone is 1. The first-order chi connectivity index (χ1) is 7.75. The van der Waals surface area contributed by atoms with Gasteiger partial charge in [0.05, 0.1) is 0 Å². The Balaban J connectivity index is 2.11. The third kappa shape index (κ3) is 2.90. The highest BCUT2D eigenvalue weighted by atomic mass is 79.9. The van der Waals surface area contributed by atoms with E-state index in [-0.39, 0.29) is 5.78 Å². The van der Waals surface area contributed by atoms with Crippen LogP contribution in [-0.4, -0.2) is 5.78 Å². The number of hydrogen-bond acceptors (Lipinski definition) is 2. The van der Waals surface area contributed by atoms with Crippen molar-refractivity contribution < 1.29 is 4.79 Å². The summed E-state index contributed by atoms with van der Waals surface area (Å²) in [7, 11) is 0. The molecule has 80 valence electrons. The molecule has 2 aromatic rings. The van der Waals surface area contributed by atoms with Gasteiger partial charge in [0.1, 0.15) is 0 Å². The van der Waals surface area contributed by atoms with Crippen LogP contribution < -0.4 is 0 Å². The molecule has 1 nitrogen and oxygen atoms in total. The van der Waals surface area contributed by atoms with Crippen molar-refractivity contribution in [1.82, 2.24) is 0 Å². The van der Waals surface area contributed by atoms with Crippen molar-refractivity contribution in [3.63, 3.8) is 0 Å². The zero-order valence-electron chi connectivity index (χ0n) is 8.39. The molecule has 0 spiro atoms. The third-order valence-corrected chi connectivity index (χ3v) is 3.70. The fraction of sp³-hybridized carbons (Fsp3) is 0. The van der Waals surface area contributed by atoms with Crippen LogP contribution >= 0.6 is 27.3 Å². The van der Waals surface area contributed by atoms with Gasteiger partial charge in [0.2, 0.25) is 0 Å². The maximum absolute atomic E-state index is 11.7. The van der Waals surface area contributed by atoms with E-state index in [9.17, 15) is 4.79 Å². The van der Waals surface area contributed by atoms with E-state index in [0.29, 0.717) is 0 Å². The van der Waals surface area contributed by atoms with Gasteiger partial charge < -0.3 is 0 Å². The summed E-state index contributed by atoms with van der Waals surface area (Å²) in [6.07, 6.45) is 3.44.